The lowest BCUT2D eigenvalue weighted by Gasteiger charge is -2.31. The van der Waals surface area contributed by atoms with Crippen molar-refractivity contribution in [3.8, 4) is 0 Å². The summed E-state index contributed by atoms with van der Waals surface area (Å²) in [5.74, 6) is -1.47. The van der Waals surface area contributed by atoms with Crippen LogP contribution in [0.25, 0.3) is 0 Å². The van der Waals surface area contributed by atoms with Crippen molar-refractivity contribution in [1.82, 2.24) is 4.90 Å². The molecular formula is C26H27NO4. The van der Waals surface area contributed by atoms with Crippen molar-refractivity contribution in [2.75, 3.05) is 13.2 Å². The second-order valence-electron chi connectivity index (χ2n) is 8.61. The first-order chi connectivity index (χ1) is 15.1. The molecule has 1 amide bonds. The van der Waals surface area contributed by atoms with Crippen molar-refractivity contribution < 1.29 is 19.1 Å². The van der Waals surface area contributed by atoms with Gasteiger partial charge in [-0.05, 0) is 17.5 Å². The number of esters is 1. The van der Waals surface area contributed by atoms with Gasteiger partial charge in [0.25, 0.3) is 0 Å². The minimum Gasteiger partial charge on any atom is -0.465 e. The first-order valence-electron chi connectivity index (χ1n) is 11.1. The Morgan fingerprint density at radius 3 is 2.39 bits per heavy atom. The van der Waals surface area contributed by atoms with E-state index >= 15 is 0 Å². The molecule has 5 rings (SSSR count). The number of likely N-dealkylation sites (tertiary alicyclic amines) is 1. The van der Waals surface area contributed by atoms with Gasteiger partial charge < -0.3 is 14.4 Å². The Bertz CT molecular complexity index is 949. The third-order valence-corrected chi connectivity index (χ3v) is 6.69. The van der Waals surface area contributed by atoms with Crippen molar-refractivity contribution in [3.63, 3.8) is 0 Å². The van der Waals surface area contributed by atoms with Crippen molar-refractivity contribution in [2.24, 2.45) is 11.8 Å². The quantitative estimate of drug-likeness (QED) is 0.390. The lowest BCUT2D eigenvalue weighted by atomic mass is 9.77. The van der Waals surface area contributed by atoms with Crippen molar-refractivity contribution in [2.45, 2.75) is 37.5 Å². The van der Waals surface area contributed by atoms with Crippen LogP contribution in [0.4, 0.5) is 0 Å². The SMILES string of the molecule is CCCCOC(=O)C1C2C=CC3(CN(C(c4ccccc4)c4ccccc4)C(=O)C13)O2. The van der Waals surface area contributed by atoms with Crippen molar-refractivity contribution in [1.29, 1.82) is 0 Å². The molecule has 2 aromatic rings. The first-order valence-corrected chi connectivity index (χ1v) is 11.1. The van der Waals surface area contributed by atoms with Crippen LogP contribution in [-0.4, -0.2) is 41.6 Å². The third kappa shape index (κ3) is 3.28. The zero-order chi connectivity index (χ0) is 21.4. The predicted octanol–water partition coefficient (Wildman–Crippen LogP) is 3.90. The summed E-state index contributed by atoms with van der Waals surface area (Å²) in [4.78, 5) is 28.6. The van der Waals surface area contributed by atoms with Gasteiger partial charge in [-0.15, -0.1) is 0 Å². The van der Waals surface area contributed by atoms with E-state index in [9.17, 15) is 9.59 Å². The summed E-state index contributed by atoms with van der Waals surface area (Å²) in [6.07, 6.45) is 5.31. The highest BCUT2D eigenvalue weighted by Crippen LogP contribution is 2.54. The fourth-order valence-corrected chi connectivity index (χ4v) is 5.25. The van der Waals surface area contributed by atoms with E-state index < -0.39 is 17.4 Å². The Hall–Kier alpha value is -2.92. The zero-order valence-electron chi connectivity index (χ0n) is 17.6. The highest BCUT2D eigenvalue weighted by atomic mass is 16.6. The molecule has 5 nitrogen and oxygen atoms in total. The lowest BCUT2D eigenvalue weighted by molar-refractivity contribution is -0.154. The van der Waals surface area contributed by atoms with Crippen molar-refractivity contribution in [3.05, 3.63) is 83.9 Å². The number of amides is 1. The van der Waals surface area contributed by atoms with Crippen LogP contribution in [0, 0.1) is 11.8 Å². The van der Waals surface area contributed by atoms with E-state index in [1.54, 1.807) is 0 Å². The number of benzene rings is 2. The maximum absolute atomic E-state index is 13.8. The maximum atomic E-state index is 13.8. The average molecular weight is 418 g/mol. The van der Waals surface area contributed by atoms with Gasteiger partial charge in [0, 0.05) is 0 Å². The smallest absolute Gasteiger partial charge is 0.312 e. The van der Waals surface area contributed by atoms with Crippen LogP contribution < -0.4 is 0 Å². The van der Waals surface area contributed by atoms with Crippen LogP contribution in [0.15, 0.2) is 72.8 Å². The Morgan fingerprint density at radius 1 is 1.13 bits per heavy atom. The Kier molecular flexibility index (Phi) is 5.14. The third-order valence-electron chi connectivity index (χ3n) is 6.69. The molecule has 0 aliphatic carbocycles. The standard InChI is InChI=1S/C26H27NO4/c1-2-3-16-30-25(29)21-20-14-15-26(31-20)17-27(24(28)22(21)26)23(18-10-6-4-7-11-18)19-12-8-5-9-13-19/h4-15,20-23H,2-3,16-17H2,1H3. The molecule has 2 aromatic carbocycles. The Labute approximate surface area is 182 Å². The molecule has 4 atom stereocenters. The minimum atomic E-state index is -0.752. The molecule has 160 valence electrons. The number of fused-ring (bicyclic) bond motifs is 1. The van der Waals surface area contributed by atoms with E-state index in [0.717, 1.165) is 24.0 Å². The number of hydrogen-bond donors (Lipinski definition) is 0. The number of rotatable bonds is 7. The van der Waals surface area contributed by atoms with Crippen molar-refractivity contribution >= 4 is 11.9 Å². The summed E-state index contributed by atoms with van der Waals surface area (Å²) in [7, 11) is 0. The Morgan fingerprint density at radius 2 is 1.77 bits per heavy atom. The number of hydrogen-bond acceptors (Lipinski definition) is 4. The Balaban J connectivity index is 1.49. The van der Waals surface area contributed by atoms with E-state index in [1.807, 2.05) is 77.7 Å². The van der Waals surface area contributed by atoms with Crippen LogP contribution in [0.3, 0.4) is 0 Å². The van der Waals surface area contributed by atoms with Gasteiger partial charge in [-0.25, -0.2) is 0 Å². The van der Waals surface area contributed by atoms with E-state index in [2.05, 4.69) is 6.92 Å². The van der Waals surface area contributed by atoms with Gasteiger partial charge in [0.15, 0.2) is 0 Å². The molecule has 2 fully saturated rings. The molecule has 1 spiro atoms. The molecule has 2 saturated heterocycles. The second-order valence-corrected chi connectivity index (χ2v) is 8.61. The molecule has 0 N–H and O–H groups in total. The molecule has 3 heterocycles. The summed E-state index contributed by atoms with van der Waals surface area (Å²) in [5.41, 5.74) is 1.33. The normalized spacial score (nSPS) is 28.4. The summed E-state index contributed by atoms with van der Waals surface area (Å²) in [6.45, 7) is 2.87. The molecule has 3 aliphatic rings. The zero-order valence-corrected chi connectivity index (χ0v) is 17.6. The number of nitrogens with zero attached hydrogens (tertiary/aromatic N) is 1. The fourth-order valence-electron chi connectivity index (χ4n) is 5.25. The molecule has 3 aliphatic heterocycles. The van der Waals surface area contributed by atoms with Crippen LogP contribution in [0.2, 0.25) is 0 Å². The highest BCUT2D eigenvalue weighted by Gasteiger charge is 2.68. The van der Waals surface area contributed by atoms with E-state index in [0.29, 0.717) is 13.2 Å². The molecular weight excluding hydrogens is 390 g/mol. The van der Waals surface area contributed by atoms with Crippen LogP contribution in [0.1, 0.15) is 36.9 Å². The molecule has 0 radical (unpaired) electrons. The average Bonchev–Trinajstić information content (AvgIpc) is 3.44. The molecule has 0 aromatic heterocycles. The second kappa shape index (κ2) is 7.97. The molecule has 2 bridgehead atoms. The number of ether oxygens (including phenoxy) is 2. The summed E-state index contributed by atoms with van der Waals surface area (Å²) in [6, 6.07) is 19.8. The molecule has 4 unspecified atom stereocenters. The predicted molar refractivity (Wildman–Crippen MR) is 116 cm³/mol. The monoisotopic (exact) mass is 417 g/mol. The number of carbonyl (C=O) groups excluding carboxylic acids is 2. The molecule has 5 heteroatoms. The van der Waals surface area contributed by atoms with Gasteiger partial charge in [0.1, 0.15) is 11.5 Å². The summed E-state index contributed by atoms with van der Waals surface area (Å²) < 4.78 is 11.8. The number of carbonyl (C=O) groups is 2. The largest absolute Gasteiger partial charge is 0.465 e. The fraction of sp³-hybridized carbons (Fsp3) is 0.385. The van der Waals surface area contributed by atoms with Gasteiger partial charge in [0.2, 0.25) is 5.91 Å². The molecule has 31 heavy (non-hydrogen) atoms. The highest BCUT2D eigenvalue weighted by molar-refractivity contribution is 5.91. The van der Waals surface area contributed by atoms with Gasteiger partial charge >= 0.3 is 5.97 Å². The van der Waals surface area contributed by atoms with Crippen LogP contribution >= 0.6 is 0 Å². The topological polar surface area (TPSA) is 55.8 Å². The minimum absolute atomic E-state index is 0.0398. The first kappa shape index (κ1) is 20.0. The van der Waals surface area contributed by atoms with Gasteiger partial charge in [0.05, 0.1) is 31.2 Å². The van der Waals surface area contributed by atoms with Gasteiger partial charge in [-0.2, -0.15) is 0 Å². The van der Waals surface area contributed by atoms with Gasteiger partial charge in [-0.3, -0.25) is 9.59 Å². The van der Waals surface area contributed by atoms with Crippen LogP contribution in [0.5, 0.6) is 0 Å². The summed E-state index contributed by atoms with van der Waals surface area (Å²) >= 11 is 0. The van der Waals surface area contributed by atoms with Crippen LogP contribution in [-0.2, 0) is 19.1 Å². The number of unbranched alkanes of at least 4 members (excludes halogenated alkanes) is 1. The lowest BCUT2D eigenvalue weighted by Crippen LogP contribution is -2.40. The summed E-state index contributed by atoms with van der Waals surface area (Å²) in [5, 5.41) is 0. The van der Waals surface area contributed by atoms with Gasteiger partial charge in [-0.1, -0.05) is 86.2 Å². The van der Waals surface area contributed by atoms with E-state index in [-0.39, 0.29) is 24.0 Å². The molecule has 0 saturated carbocycles. The maximum Gasteiger partial charge on any atom is 0.312 e. The van der Waals surface area contributed by atoms with E-state index in [4.69, 9.17) is 9.47 Å². The van der Waals surface area contributed by atoms with E-state index in [1.165, 1.54) is 0 Å².